The van der Waals surface area contributed by atoms with Crippen molar-refractivity contribution in [1.82, 2.24) is 9.88 Å². The summed E-state index contributed by atoms with van der Waals surface area (Å²) in [7, 11) is 0. The zero-order chi connectivity index (χ0) is 17.2. The Morgan fingerprint density at radius 2 is 2.16 bits per heavy atom. The largest absolute Gasteiger partial charge is 1.00 e. The third kappa shape index (κ3) is 2.56. The monoisotopic (exact) mass is 352 g/mol. The Hall–Kier alpha value is -1.87. The number of hydrogen-bond acceptors (Lipinski definition) is 6. The van der Waals surface area contributed by atoms with Crippen molar-refractivity contribution in [3.8, 4) is 0 Å². The number of carbonyl (C=O) groups excluding carboxylic acids is 2. The molecular formula is C16H13N2NaO6. The number of aromatic nitrogens is 1. The van der Waals surface area contributed by atoms with Gasteiger partial charge in [0.05, 0.1) is 35.2 Å². The van der Waals surface area contributed by atoms with E-state index < -0.39 is 29.7 Å². The Morgan fingerprint density at radius 1 is 1.44 bits per heavy atom. The summed E-state index contributed by atoms with van der Waals surface area (Å²) in [4.78, 5) is 38.7. The first-order chi connectivity index (χ1) is 11.4. The molecule has 124 valence electrons. The van der Waals surface area contributed by atoms with Gasteiger partial charge in [-0.05, 0) is 36.6 Å². The summed E-state index contributed by atoms with van der Waals surface area (Å²) in [5, 5.41) is 21.3. The number of carboxylic acid groups (broad SMARTS) is 1. The molecule has 2 N–H and O–H groups in total. The Morgan fingerprint density at radius 3 is 2.80 bits per heavy atom. The number of nitrogens with zero attached hydrogens (tertiary/aromatic N) is 1. The van der Waals surface area contributed by atoms with Crippen LogP contribution >= 0.6 is 0 Å². The van der Waals surface area contributed by atoms with Crippen LogP contribution in [0.15, 0.2) is 33.1 Å². The standard InChI is InChI=1S/C16H14N2O6.Na/c1-6(19)12-10-5-8(13(15(21)22)18(10)14(12)20)7-2-3-11-9(4-7)17-16(23)24-11;/h2-4,6,10,12,19H,5H2,1H3,(H,17,23)(H,21,22);/q;+1/p-1/t6-,10-,12-;/m1./s1. The quantitative estimate of drug-likeness (QED) is 0.431. The number of hydrogen-bond donors (Lipinski definition) is 2. The molecule has 1 saturated heterocycles. The summed E-state index contributed by atoms with van der Waals surface area (Å²) >= 11 is 0. The number of oxazole rings is 1. The first-order valence-electron chi connectivity index (χ1n) is 7.47. The first-order valence-corrected chi connectivity index (χ1v) is 7.47. The molecule has 1 aromatic carbocycles. The van der Waals surface area contributed by atoms with Crippen molar-refractivity contribution < 1.29 is 53.8 Å². The summed E-state index contributed by atoms with van der Waals surface area (Å²) < 4.78 is 4.93. The maximum Gasteiger partial charge on any atom is 1.00 e. The van der Waals surface area contributed by atoms with Gasteiger partial charge >= 0.3 is 35.3 Å². The number of β-lactam (4-membered cyclic amide) rings is 1. The van der Waals surface area contributed by atoms with Crippen LogP contribution in [0.2, 0.25) is 0 Å². The van der Waals surface area contributed by atoms with Gasteiger partial charge in [0.25, 0.3) is 0 Å². The molecule has 8 nitrogen and oxygen atoms in total. The van der Waals surface area contributed by atoms with Gasteiger partial charge in [-0.2, -0.15) is 0 Å². The van der Waals surface area contributed by atoms with E-state index in [1.54, 1.807) is 18.2 Å². The number of aliphatic hydroxyl groups excluding tert-OH is 1. The van der Waals surface area contributed by atoms with E-state index in [9.17, 15) is 24.6 Å². The minimum atomic E-state index is -1.44. The predicted molar refractivity (Wildman–Crippen MR) is 79.2 cm³/mol. The van der Waals surface area contributed by atoms with Crippen molar-refractivity contribution >= 4 is 28.5 Å². The molecule has 2 aliphatic heterocycles. The van der Waals surface area contributed by atoms with E-state index in [1.807, 2.05) is 0 Å². The molecule has 0 saturated carbocycles. The fourth-order valence-electron chi connectivity index (χ4n) is 3.66. The molecule has 0 radical (unpaired) electrons. The van der Waals surface area contributed by atoms with E-state index in [4.69, 9.17) is 4.42 Å². The van der Waals surface area contributed by atoms with E-state index in [1.165, 1.54) is 11.8 Å². The van der Waals surface area contributed by atoms with Crippen LogP contribution in [0.3, 0.4) is 0 Å². The second-order valence-electron chi connectivity index (χ2n) is 6.09. The maximum atomic E-state index is 12.2. The normalized spacial score (nSPS) is 23.3. The van der Waals surface area contributed by atoms with E-state index in [0.717, 1.165) is 0 Å². The summed E-state index contributed by atoms with van der Waals surface area (Å²) in [6, 6.07) is 4.41. The molecule has 0 spiro atoms. The van der Waals surface area contributed by atoms with Gasteiger partial charge < -0.3 is 24.3 Å². The number of aliphatic carboxylic acids is 1. The average molecular weight is 352 g/mol. The molecule has 0 aliphatic carbocycles. The van der Waals surface area contributed by atoms with E-state index in [-0.39, 0.29) is 41.3 Å². The second kappa shape index (κ2) is 6.14. The van der Waals surface area contributed by atoms with Crippen LogP contribution in [0, 0.1) is 5.92 Å². The minimum absolute atomic E-state index is 0. The van der Waals surface area contributed by atoms with Gasteiger partial charge in [0.2, 0.25) is 5.91 Å². The van der Waals surface area contributed by atoms with Crippen molar-refractivity contribution in [3.05, 3.63) is 40.0 Å². The Labute approximate surface area is 163 Å². The number of aromatic amines is 1. The number of aliphatic hydroxyl groups is 1. The van der Waals surface area contributed by atoms with Crippen LogP contribution < -0.4 is 40.4 Å². The van der Waals surface area contributed by atoms with E-state index >= 15 is 0 Å². The molecule has 25 heavy (non-hydrogen) atoms. The molecule has 9 heteroatoms. The number of rotatable bonds is 3. The molecule has 1 fully saturated rings. The van der Waals surface area contributed by atoms with Crippen LogP contribution in [0.5, 0.6) is 0 Å². The molecule has 4 rings (SSSR count). The molecule has 1 amide bonds. The van der Waals surface area contributed by atoms with Crippen LogP contribution in [0.4, 0.5) is 0 Å². The molecular weight excluding hydrogens is 339 g/mol. The van der Waals surface area contributed by atoms with Gasteiger partial charge in [-0.3, -0.25) is 9.78 Å². The number of benzene rings is 1. The van der Waals surface area contributed by atoms with Crippen molar-refractivity contribution in [1.29, 1.82) is 0 Å². The number of amides is 1. The molecule has 3 atom stereocenters. The first kappa shape index (κ1) is 17.9. The number of carboxylic acids is 1. The van der Waals surface area contributed by atoms with Crippen molar-refractivity contribution in [3.63, 3.8) is 0 Å². The molecule has 0 unspecified atom stereocenters. The Balaban J connectivity index is 0.00000182. The molecule has 0 bridgehead atoms. The summed E-state index contributed by atoms with van der Waals surface area (Å²) in [5.74, 6) is -3.07. The van der Waals surface area contributed by atoms with Crippen molar-refractivity contribution in [2.75, 3.05) is 0 Å². The van der Waals surface area contributed by atoms with E-state index in [2.05, 4.69) is 4.98 Å². The third-order valence-electron chi connectivity index (χ3n) is 4.69. The van der Waals surface area contributed by atoms with Crippen LogP contribution in [-0.2, 0) is 9.59 Å². The zero-order valence-corrected chi connectivity index (χ0v) is 15.6. The summed E-state index contributed by atoms with van der Waals surface area (Å²) in [5.41, 5.74) is 1.63. The van der Waals surface area contributed by atoms with Gasteiger partial charge in [0.1, 0.15) is 0 Å². The van der Waals surface area contributed by atoms with Gasteiger partial charge in [0, 0.05) is 0 Å². The molecule has 3 heterocycles. The fourth-order valence-corrected chi connectivity index (χ4v) is 3.66. The predicted octanol–water partition coefficient (Wildman–Crippen LogP) is -3.80. The van der Waals surface area contributed by atoms with Gasteiger partial charge in [0.15, 0.2) is 5.58 Å². The molecule has 2 aliphatic rings. The molecule has 1 aromatic heterocycles. The maximum absolute atomic E-state index is 12.2. The minimum Gasteiger partial charge on any atom is -0.543 e. The fraction of sp³-hybridized carbons (Fsp3) is 0.312. The third-order valence-corrected chi connectivity index (χ3v) is 4.69. The second-order valence-corrected chi connectivity index (χ2v) is 6.09. The Bertz CT molecular complexity index is 972. The topological polar surface area (TPSA) is 127 Å². The Kier molecular flexibility index (Phi) is 4.40. The van der Waals surface area contributed by atoms with Crippen LogP contribution in [0.25, 0.3) is 16.7 Å². The van der Waals surface area contributed by atoms with Crippen LogP contribution in [0.1, 0.15) is 18.9 Å². The van der Waals surface area contributed by atoms with E-state index in [0.29, 0.717) is 28.7 Å². The zero-order valence-electron chi connectivity index (χ0n) is 13.6. The number of fused-ring (bicyclic) bond motifs is 2. The SMILES string of the molecule is C[C@@H](O)[C@H]1C(=O)N2C(C(=O)[O-])=C(c3ccc4oc(=O)[nH]c4c3)C[C@H]12.[Na+]. The number of nitrogens with one attached hydrogen (secondary N) is 1. The van der Waals surface area contributed by atoms with Crippen molar-refractivity contribution in [2.24, 2.45) is 5.92 Å². The van der Waals surface area contributed by atoms with Crippen LogP contribution in [-0.4, -0.2) is 39.0 Å². The van der Waals surface area contributed by atoms with Gasteiger partial charge in [-0.15, -0.1) is 0 Å². The summed E-state index contributed by atoms with van der Waals surface area (Å²) in [6.07, 6.45) is -0.549. The molecule has 2 aromatic rings. The smallest absolute Gasteiger partial charge is 0.543 e. The summed E-state index contributed by atoms with van der Waals surface area (Å²) in [6.45, 7) is 1.51. The van der Waals surface area contributed by atoms with Gasteiger partial charge in [-0.1, -0.05) is 6.07 Å². The number of carbonyl (C=O) groups is 2. The average Bonchev–Trinajstić information content (AvgIpc) is 3.02. The number of H-pyrrole nitrogens is 1. The van der Waals surface area contributed by atoms with Gasteiger partial charge in [-0.25, -0.2) is 4.79 Å². The van der Waals surface area contributed by atoms with Crippen molar-refractivity contribution in [2.45, 2.75) is 25.5 Å².